The summed E-state index contributed by atoms with van der Waals surface area (Å²) >= 11 is 0. The van der Waals surface area contributed by atoms with E-state index in [1.807, 2.05) is 55.0 Å². The summed E-state index contributed by atoms with van der Waals surface area (Å²) in [7, 11) is 0. The van der Waals surface area contributed by atoms with Crippen molar-refractivity contribution < 1.29 is 20.1 Å². The maximum atomic E-state index is 4.59. The molecule has 0 saturated heterocycles. The first-order chi connectivity index (χ1) is 24.5. The summed E-state index contributed by atoms with van der Waals surface area (Å²) in [4.78, 5) is 15.5. The predicted octanol–water partition coefficient (Wildman–Crippen LogP) is 12.5. The monoisotopic (exact) mass is 858 g/mol. The van der Waals surface area contributed by atoms with Gasteiger partial charge in [0.15, 0.2) is 0 Å². The van der Waals surface area contributed by atoms with Gasteiger partial charge in [-0.05, 0) is 116 Å². The zero-order valence-corrected chi connectivity index (χ0v) is 31.9. The molecule has 4 nitrogen and oxygen atoms in total. The van der Waals surface area contributed by atoms with Crippen molar-refractivity contribution in [3.63, 3.8) is 0 Å². The van der Waals surface area contributed by atoms with Crippen molar-refractivity contribution in [1.29, 1.82) is 0 Å². The molecule has 0 amide bonds. The number of benzene rings is 4. The molecule has 263 valence electrons. The molecule has 1 aliphatic carbocycles. The van der Waals surface area contributed by atoms with Crippen LogP contribution in [0.1, 0.15) is 56.4 Å². The summed E-state index contributed by atoms with van der Waals surface area (Å²) in [5.41, 5.74) is 15.2. The zero-order valence-electron chi connectivity index (χ0n) is 29.5. The van der Waals surface area contributed by atoms with Crippen molar-refractivity contribution in [3.8, 4) is 33.8 Å². The number of nitrogens with zero attached hydrogens (tertiary/aromatic N) is 4. The second-order valence-corrected chi connectivity index (χ2v) is 12.9. The van der Waals surface area contributed by atoms with Crippen LogP contribution >= 0.6 is 0 Å². The number of pyridine rings is 3. The van der Waals surface area contributed by atoms with Crippen molar-refractivity contribution in [1.82, 2.24) is 15.0 Å². The molecule has 3 aromatic heterocycles. The maximum absolute atomic E-state index is 4.59. The molecule has 5 heteroatoms. The number of aromatic nitrogens is 3. The van der Waals surface area contributed by atoms with Gasteiger partial charge in [0.1, 0.15) is 0 Å². The summed E-state index contributed by atoms with van der Waals surface area (Å²) in [6, 6.07) is 50.4. The average molecular weight is 858 g/mol. The fraction of sp³-hybridized carbons (Fsp3) is 0.170. The third-order valence-electron chi connectivity index (χ3n) is 9.80. The largest absolute Gasteiger partial charge is 0.310 e. The smallest absolute Gasteiger partial charge is 0.0888 e. The number of aryl methyl sites for hydroxylation is 2. The van der Waals surface area contributed by atoms with Gasteiger partial charge in [0.05, 0.1) is 11.4 Å². The Bertz CT molecular complexity index is 2130. The van der Waals surface area contributed by atoms with E-state index in [-0.39, 0.29) is 32.9 Å². The molecule has 1 radical (unpaired) electrons. The zero-order chi connectivity index (χ0) is 34.5. The van der Waals surface area contributed by atoms with Gasteiger partial charge in [-0.3, -0.25) is 9.97 Å². The molecule has 52 heavy (non-hydrogen) atoms. The van der Waals surface area contributed by atoms with Gasteiger partial charge in [-0.2, -0.15) is 0 Å². The van der Waals surface area contributed by atoms with E-state index in [0.717, 1.165) is 46.9 Å². The Hall–Kier alpha value is -5.22. The fourth-order valence-electron chi connectivity index (χ4n) is 7.19. The van der Waals surface area contributed by atoms with Gasteiger partial charge in [0.25, 0.3) is 0 Å². The van der Waals surface area contributed by atoms with Gasteiger partial charge < -0.3 is 9.88 Å². The second-order valence-electron chi connectivity index (χ2n) is 12.9. The average Bonchev–Trinajstić information content (AvgIpc) is 3.45. The van der Waals surface area contributed by atoms with Crippen molar-refractivity contribution in [2.45, 2.75) is 53.4 Å². The molecule has 4 aromatic carbocycles. The summed E-state index contributed by atoms with van der Waals surface area (Å²) in [6.45, 7) is 8.75. The fourth-order valence-corrected chi connectivity index (χ4v) is 7.19. The molecule has 0 saturated carbocycles. The predicted molar refractivity (Wildman–Crippen MR) is 214 cm³/mol. The minimum atomic E-state index is -0.0433. The number of hydrogen-bond acceptors (Lipinski definition) is 4. The third-order valence-corrected chi connectivity index (χ3v) is 9.80. The number of para-hydroxylation sites is 2. The molecule has 1 aliphatic rings. The van der Waals surface area contributed by atoms with E-state index in [2.05, 4.69) is 151 Å². The number of fused-ring (bicyclic) bond motifs is 3. The van der Waals surface area contributed by atoms with Gasteiger partial charge in [0, 0.05) is 61.2 Å². The Balaban J connectivity index is 0.000000276. The Morgan fingerprint density at radius 2 is 1.08 bits per heavy atom. The van der Waals surface area contributed by atoms with Crippen molar-refractivity contribution in [3.05, 3.63) is 180 Å². The Labute approximate surface area is 323 Å². The maximum Gasteiger partial charge on any atom is 0.0888 e. The molecular formula is C47H45IrN4-. The van der Waals surface area contributed by atoms with Crippen LogP contribution in [0.3, 0.4) is 0 Å². The van der Waals surface area contributed by atoms with Crippen LogP contribution in [-0.4, -0.2) is 15.0 Å². The van der Waals surface area contributed by atoms with Crippen molar-refractivity contribution >= 4 is 17.1 Å². The van der Waals surface area contributed by atoms with Gasteiger partial charge in [-0.1, -0.05) is 87.0 Å². The van der Waals surface area contributed by atoms with Crippen LogP contribution in [0.25, 0.3) is 33.8 Å². The first kappa shape index (κ1) is 38.0. The van der Waals surface area contributed by atoms with Gasteiger partial charge in [0.2, 0.25) is 0 Å². The van der Waals surface area contributed by atoms with E-state index in [1.54, 1.807) is 0 Å². The molecule has 0 N–H and O–H groups in total. The number of anilines is 3. The standard InChI is InChI=1S/C34H29N2.C12H12N2.CH4.Ir/c1-3-34(4-2)31-23-25(33-17-11-12-22-35-33)18-20-29(31)30-21-19-28(24-32(30)34)36(26-13-7-5-8-14-26)27-15-9-6-10-16-27;1-9-3-5-13-11(7-9)12-8-10(2)4-6-14-12;;/h5-17,19-24H,3-4H2,1-2H3;3-8H,1-2H3;1H4;/q-1;;;. The van der Waals surface area contributed by atoms with Gasteiger partial charge in [-0.15, -0.1) is 29.3 Å². The molecule has 0 aliphatic heterocycles. The van der Waals surface area contributed by atoms with Gasteiger partial charge in [-0.25, -0.2) is 0 Å². The molecule has 0 atom stereocenters. The molecule has 0 bridgehead atoms. The van der Waals surface area contributed by atoms with E-state index in [1.165, 1.54) is 39.1 Å². The van der Waals surface area contributed by atoms with Crippen molar-refractivity contribution in [2.24, 2.45) is 0 Å². The minimum absolute atomic E-state index is 0. The van der Waals surface area contributed by atoms with Crippen LogP contribution < -0.4 is 4.90 Å². The van der Waals surface area contributed by atoms with Crippen LogP contribution in [-0.2, 0) is 25.5 Å². The van der Waals surface area contributed by atoms with E-state index in [4.69, 9.17) is 0 Å². The van der Waals surface area contributed by atoms with Crippen LogP contribution in [0, 0.1) is 19.9 Å². The second kappa shape index (κ2) is 16.9. The van der Waals surface area contributed by atoms with E-state index < -0.39 is 0 Å². The van der Waals surface area contributed by atoms with Crippen LogP contribution in [0.2, 0.25) is 0 Å². The summed E-state index contributed by atoms with van der Waals surface area (Å²) < 4.78 is 0. The first-order valence-electron chi connectivity index (χ1n) is 17.4. The molecule has 3 heterocycles. The Kier molecular flexibility index (Phi) is 12.3. The topological polar surface area (TPSA) is 41.9 Å². The molecule has 0 spiro atoms. The first-order valence-corrected chi connectivity index (χ1v) is 17.4. The molecular weight excluding hydrogens is 813 g/mol. The molecule has 7 aromatic rings. The summed E-state index contributed by atoms with van der Waals surface area (Å²) in [6.07, 6.45) is 7.56. The van der Waals surface area contributed by atoms with Gasteiger partial charge >= 0.3 is 0 Å². The SMILES string of the molecule is C.CCC1(CC)c2cc(-c3ccccn3)[c-]cc2-c2ccc(N(c3ccccc3)c3ccccc3)cc21.Cc1ccnc(-c2cc(C)ccn2)c1.[Ir]. The minimum Gasteiger partial charge on any atom is -0.310 e. The third kappa shape index (κ3) is 7.53. The Morgan fingerprint density at radius 1 is 0.538 bits per heavy atom. The summed E-state index contributed by atoms with van der Waals surface area (Å²) in [5, 5.41) is 0. The quantitative estimate of drug-likeness (QED) is 0.150. The van der Waals surface area contributed by atoms with E-state index in [0.29, 0.717) is 0 Å². The van der Waals surface area contributed by atoms with Crippen LogP contribution in [0.5, 0.6) is 0 Å². The van der Waals surface area contributed by atoms with Crippen LogP contribution in [0.4, 0.5) is 17.1 Å². The Morgan fingerprint density at radius 3 is 1.60 bits per heavy atom. The molecule has 0 fully saturated rings. The normalized spacial score (nSPS) is 11.8. The van der Waals surface area contributed by atoms with E-state index in [9.17, 15) is 0 Å². The number of hydrogen-bond donors (Lipinski definition) is 0. The van der Waals surface area contributed by atoms with E-state index >= 15 is 0 Å². The summed E-state index contributed by atoms with van der Waals surface area (Å²) in [5.74, 6) is 0. The van der Waals surface area contributed by atoms with Crippen molar-refractivity contribution in [2.75, 3.05) is 4.90 Å². The molecule has 8 rings (SSSR count). The molecule has 0 unspecified atom stereocenters. The van der Waals surface area contributed by atoms with Crippen LogP contribution in [0.15, 0.2) is 152 Å². The number of rotatable bonds is 7.